The third-order valence-electron chi connectivity index (χ3n) is 7.00. The summed E-state index contributed by atoms with van der Waals surface area (Å²) < 4.78 is 22.7. The number of aliphatic hydroxyl groups excluding tert-OH is 1. The number of likely N-dealkylation sites (N-methyl/N-ethyl adjacent to an activating group) is 1. The number of nitrogens with zero attached hydrogens (tertiary/aromatic N) is 1. The molecule has 6 nitrogen and oxygen atoms in total. The van der Waals surface area contributed by atoms with Crippen molar-refractivity contribution in [3.05, 3.63) is 0 Å². The van der Waals surface area contributed by atoms with E-state index in [9.17, 15) is 14.6 Å². The molecule has 0 aromatic heterocycles. The molecule has 218 valence electrons. The SMILES string of the molecule is CCCCCCCCCCCCOP(=O)([O-])OCCC[N+](C)(C)CC(O)CCCCCCCCCC. The number of aliphatic hydroxyl groups is 1. The lowest BCUT2D eigenvalue weighted by Crippen LogP contribution is -2.46. The van der Waals surface area contributed by atoms with Crippen LogP contribution in [0, 0.1) is 0 Å². The van der Waals surface area contributed by atoms with Gasteiger partial charge in [0.25, 0.3) is 7.82 Å². The van der Waals surface area contributed by atoms with Gasteiger partial charge in [-0.2, -0.15) is 0 Å². The molecule has 2 unspecified atom stereocenters. The highest BCUT2D eigenvalue weighted by Crippen LogP contribution is 2.38. The van der Waals surface area contributed by atoms with Gasteiger partial charge in [0.05, 0.1) is 33.9 Å². The number of unbranched alkanes of at least 4 members (excludes halogenated alkanes) is 16. The molecule has 0 aromatic rings. The van der Waals surface area contributed by atoms with Gasteiger partial charge >= 0.3 is 0 Å². The fourth-order valence-electron chi connectivity index (χ4n) is 4.74. The average Bonchev–Trinajstić information content (AvgIpc) is 2.81. The minimum Gasteiger partial charge on any atom is -0.756 e. The Morgan fingerprint density at radius 1 is 0.667 bits per heavy atom. The Morgan fingerprint density at radius 2 is 1.06 bits per heavy atom. The van der Waals surface area contributed by atoms with E-state index in [-0.39, 0.29) is 19.3 Å². The van der Waals surface area contributed by atoms with Crippen LogP contribution in [-0.2, 0) is 13.6 Å². The number of hydrogen-bond acceptors (Lipinski definition) is 5. The highest BCUT2D eigenvalue weighted by molar-refractivity contribution is 7.45. The molecule has 1 N–H and O–H groups in total. The van der Waals surface area contributed by atoms with Crippen molar-refractivity contribution in [3.8, 4) is 0 Å². The molecule has 0 bridgehead atoms. The van der Waals surface area contributed by atoms with E-state index in [0.717, 1.165) is 38.6 Å². The van der Waals surface area contributed by atoms with Gasteiger partial charge in [-0.15, -0.1) is 0 Å². The lowest BCUT2D eigenvalue weighted by molar-refractivity contribution is -0.893. The van der Waals surface area contributed by atoms with Crippen LogP contribution in [0.25, 0.3) is 0 Å². The van der Waals surface area contributed by atoms with Crippen LogP contribution in [0.1, 0.15) is 142 Å². The Hall–Kier alpha value is 0.0300. The molecular formula is C29H62NO5P. The van der Waals surface area contributed by atoms with Gasteiger partial charge < -0.3 is 23.5 Å². The fourth-order valence-corrected chi connectivity index (χ4v) is 5.52. The molecule has 0 saturated carbocycles. The number of phosphoric ester groups is 1. The van der Waals surface area contributed by atoms with Crippen molar-refractivity contribution >= 4 is 7.82 Å². The third-order valence-corrected chi connectivity index (χ3v) is 8.00. The van der Waals surface area contributed by atoms with Crippen LogP contribution in [0.15, 0.2) is 0 Å². The van der Waals surface area contributed by atoms with E-state index in [4.69, 9.17) is 9.05 Å². The van der Waals surface area contributed by atoms with Crippen molar-refractivity contribution < 1.29 is 28.1 Å². The summed E-state index contributed by atoms with van der Waals surface area (Å²) >= 11 is 0. The quantitative estimate of drug-likeness (QED) is 0.0629. The highest BCUT2D eigenvalue weighted by atomic mass is 31.2. The second-order valence-corrected chi connectivity index (χ2v) is 12.8. The lowest BCUT2D eigenvalue weighted by atomic mass is 10.1. The monoisotopic (exact) mass is 535 g/mol. The molecule has 0 saturated heterocycles. The first-order valence-electron chi connectivity index (χ1n) is 15.3. The predicted octanol–water partition coefficient (Wildman–Crippen LogP) is 7.77. The van der Waals surface area contributed by atoms with Crippen molar-refractivity contribution in [1.29, 1.82) is 0 Å². The molecule has 0 amide bonds. The number of phosphoric acid groups is 1. The number of quaternary nitrogens is 1. The maximum atomic E-state index is 12.0. The largest absolute Gasteiger partial charge is 0.756 e. The van der Waals surface area contributed by atoms with Gasteiger partial charge in [0.1, 0.15) is 12.6 Å². The molecule has 0 rings (SSSR count). The standard InChI is InChI=1S/C29H62NO5P/c1-5-7-9-11-13-15-16-18-20-22-26-34-36(32,33)35-27-23-25-30(3,4)28-29(31)24-21-19-17-14-12-10-8-6-2/h29,31H,5-28H2,1-4H3. The molecule has 36 heavy (non-hydrogen) atoms. The Kier molecular flexibility index (Phi) is 24.1. The molecule has 0 radical (unpaired) electrons. The molecular weight excluding hydrogens is 473 g/mol. The number of hydrogen-bond donors (Lipinski definition) is 1. The van der Waals surface area contributed by atoms with Crippen LogP contribution < -0.4 is 4.89 Å². The maximum absolute atomic E-state index is 12.0. The van der Waals surface area contributed by atoms with Crippen LogP contribution >= 0.6 is 7.82 Å². The zero-order chi connectivity index (χ0) is 27.0. The molecule has 0 fully saturated rings. The molecule has 0 spiro atoms. The Labute approximate surface area is 224 Å². The molecule has 7 heteroatoms. The molecule has 2 atom stereocenters. The summed E-state index contributed by atoms with van der Waals surface area (Å²) in [6.45, 7) is 6.26. The molecule has 0 heterocycles. The normalized spacial score (nSPS) is 14.7. The van der Waals surface area contributed by atoms with Gasteiger partial charge in [-0.1, -0.05) is 123 Å². The summed E-state index contributed by atoms with van der Waals surface area (Å²) in [7, 11) is -0.0588. The van der Waals surface area contributed by atoms with Crippen LogP contribution in [-0.4, -0.2) is 56.1 Å². The minimum absolute atomic E-state index is 0.134. The first kappa shape index (κ1) is 36.0. The average molecular weight is 536 g/mol. The van der Waals surface area contributed by atoms with Crippen LogP contribution in [0.4, 0.5) is 0 Å². The summed E-state index contributed by atoms with van der Waals surface area (Å²) in [6, 6.07) is 0. The van der Waals surface area contributed by atoms with Gasteiger partial charge in [-0.25, -0.2) is 0 Å². The zero-order valence-corrected chi connectivity index (χ0v) is 25.4. The van der Waals surface area contributed by atoms with Gasteiger partial charge in [-0.05, 0) is 12.8 Å². The van der Waals surface area contributed by atoms with E-state index in [0.29, 0.717) is 17.4 Å². The Balaban J connectivity index is 3.71. The van der Waals surface area contributed by atoms with E-state index in [1.807, 2.05) is 0 Å². The van der Waals surface area contributed by atoms with Crippen molar-refractivity contribution in [2.75, 3.05) is 40.4 Å². The van der Waals surface area contributed by atoms with Gasteiger partial charge in [0.15, 0.2) is 0 Å². The fraction of sp³-hybridized carbons (Fsp3) is 1.00. The van der Waals surface area contributed by atoms with Gasteiger partial charge in [-0.3, -0.25) is 4.57 Å². The van der Waals surface area contributed by atoms with E-state index in [2.05, 4.69) is 27.9 Å². The second kappa shape index (κ2) is 24.1. The summed E-state index contributed by atoms with van der Waals surface area (Å²) in [5.41, 5.74) is 0. The summed E-state index contributed by atoms with van der Waals surface area (Å²) in [4.78, 5) is 12.0. The molecule has 0 aliphatic heterocycles. The third kappa shape index (κ3) is 25.7. The predicted molar refractivity (Wildman–Crippen MR) is 151 cm³/mol. The topological polar surface area (TPSA) is 78.8 Å². The Bertz CT molecular complexity index is 518. The number of rotatable bonds is 28. The maximum Gasteiger partial charge on any atom is 0.267 e. The van der Waals surface area contributed by atoms with Gasteiger partial charge in [0.2, 0.25) is 0 Å². The Morgan fingerprint density at radius 3 is 1.53 bits per heavy atom. The van der Waals surface area contributed by atoms with E-state index in [1.165, 1.54) is 89.9 Å². The van der Waals surface area contributed by atoms with E-state index in [1.54, 1.807) is 0 Å². The summed E-state index contributed by atoms with van der Waals surface area (Å²) in [5, 5.41) is 10.4. The summed E-state index contributed by atoms with van der Waals surface area (Å²) in [6.07, 6.45) is 23.3. The zero-order valence-electron chi connectivity index (χ0n) is 24.5. The lowest BCUT2D eigenvalue weighted by Gasteiger charge is -2.32. The van der Waals surface area contributed by atoms with E-state index >= 15 is 0 Å². The second-order valence-electron chi connectivity index (χ2n) is 11.4. The molecule has 0 aliphatic rings. The van der Waals surface area contributed by atoms with E-state index < -0.39 is 7.82 Å². The van der Waals surface area contributed by atoms with Gasteiger partial charge in [0, 0.05) is 6.42 Å². The van der Waals surface area contributed by atoms with Crippen molar-refractivity contribution in [1.82, 2.24) is 0 Å². The van der Waals surface area contributed by atoms with Crippen LogP contribution in [0.3, 0.4) is 0 Å². The first-order chi connectivity index (χ1) is 17.2. The molecule has 0 aromatic carbocycles. The smallest absolute Gasteiger partial charge is 0.267 e. The molecule has 0 aliphatic carbocycles. The highest BCUT2D eigenvalue weighted by Gasteiger charge is 2.20. The van der Waals surface area contributed by atoms with Crippen molar-refractivity contribution in [2.45, 2.75) is 148 Å². The van der Waals surface area contributed by atoms with Crippen LogP contribution in [0.2, 0.25) is 0 Å². The first-order valence-corrected chi connectivity index (χ1v) is 16.8. The van der Waals surface area contributed by atoms with Crippen molar-refractivity contribution in [2.24, 2.45) is 0 Å². The summed E-state index contributed by atoms with van der Waals surface area (Å²) in [5.74, 6) is 0. The minimum atomic E-state index is -4.22. The van der Waals surface area contributed by atoms with Crippen molar-refractivity contribution in [3.63, 3.8) is 0 Å². The van der Waals surface area contributed by atoms with Crippen LogP contribution in [0.5, 0.6) is 0 Å².